The van der Waals surface area contributed by atoms with Crippen LogP contribution >= 0.6 is 0 Å². The van der Waals surface area contributed by atoms with Gasteiger partial charge in [-0.15, -0.1) is 0 Å². The summed E-state index contributed by atoms with van der Waals surface area (Å²) < 4.78 is 28.1. The minimum absolute atomic E-state index is 0. The zero-order chi connectivity index (χ0) is 19.9. The van der Waals surface area contributed by atoms with Crippen LogP contribution in [0.1, 0.15) is 86.3 Å². The van der Waals surface area contributed by atoms with Gasteiger partial charge in [-0.2, -0.15) is 4.31 Å². The van der Waals surface area contributed by atoms with Crippen LogP contribution in [0.4, 0.5) is 0 Å². The van der Waals surface area contributed by atoms with Gasteiger partial charge in [-0.05, 0) is 63.3 Å². The molecule has 2 saturated carbocycles. The third-order valence-electron chi connectivity index (χ3n) is 5.83. The van der Waals surface area contributed by atoms with Crippen LogP contribution in [0.25, 0.3) is 0 Å². The van der Waals surface area contributed by atoms with Crippen molar-refractivity contribution in [2.75, 3.05) is 6.54 Å². The van der Waals surface area contributed by atoms with Gasteiger partial charge in [0.15, 0.2) is 0 Å². The van der Waals surface area contributed by atoms with Gasteiger partial charge in [0.1, 0.15) is 5.75 Å². The molecule has 3 rings (SSSR count). The van der Waals surface area contributed by atoms with Crippen LogP contribution in [0.5, 0.6) is 0 Å². The molecule has 0 unspecified atom stereocenters. The van der Waals surface area contributed by atoms with Crippen molar-refractivity contribution < 1.29 is 8.42 Å². The van der Waals surface area contributed by atoms with Crippen LogP contribution in [-0.2, 0) is 15.8 Å². The smallest absolute Gasteiger partial charge is 0.220 e. The summed E-state index contributed by atoms with van der Waals surface area (Å²) in [5.41, 5.74) is 0.352. The Hall–Kier alpha value is -1.27. The molecular weight excluding hydrogens is 382 g/mol. The predicted octanol–water partition coefficient (Wildman–Crippen LogP) is 5.71. The summed E-state index contributed by atoms with van der Waals surface area (Å²) in [6, 6.07) is 5.52. The van der Waals surface area contributed by atoms with Crippen molar-refractivity contribution in [2.45, 2.75) is 97.9 Å². The largest absolute Gasteiger partial charge is 0.293 e. The van der Waals surface area contributed by atoms with Crippen LogP contribution in [0.2, 0.25) is 0 Å². The first-order valence-electron chi connectivity index (χ1n) is 10.4. The van der Waals surface area contributed by atoms with Gasteiger partial charge in [-0.25, -0.2) is 8.42 Å². The SMILES string of the molecule is C.C.C=NC1(CN(C2CCC(CC)CC2)S(=O)(=O)Cc2ccccn2)CC1.CC. The van der Waals surface area contributed by atoms with Crippen LogP contribution in [-0.4, -0.2) is 42.6 Å². The average molecular weight is 426 g/mol. The monoisotopic (exact) mass is 425 g/mol. The highest BCUT2D eigenvalue weighted by molar-refractivity contribution is 7.88. The first-order valence-corrected chi connectivity index (χ1v) is 12.0. The Morgan fingerprint density at radius 2 is 1.79 bits per heavy atom. The Morgan fingerprint density at radius 3 is 2.24 bits per heavy atom. The van der Waals surface area contributed by atoms with E-state index in [0.717, 1.165) is 44.4 Å². The summed E-state index contributed by atoms with van der Waals surface area (Å²) in [4.78, 5) is 8.45. The van der Waals surface area contributed by atoms with Crippen molar-refractivity contribution in [3.8, 4) is 0 Å². The molecule has 2 fully saturated rings. The first-order chi connectivity index (χ1) is 13.0. The Morgan fingerprint density at radius 1 is 1.17 bits per heavy atom. The zero-order valence-corrected chi connectivity index (χ0v) is 17.9. The number of hydrogen-bond acceptors (Lipinski definition) is 4. The van der Waals surface area contributed by atoms with Crippen LogP contribution in [0.3, 0.4) is 0 Å². The molecule has 2 aliphatic rings. The van der Waals surface area contributed by atoms with E-state index in [1.807, 2.05) is 19.9 Å². The molecule has 0 N–H and O–H groups in total. The van der Waals surface area contributed by atoms with E-state index in [2.05, 4.69) is 23.6 Å². The Labute approximate surface area is 180 Å². The number of pyridine rings is 1. The molecular formula is C23H43N3O2S. The van der Waals surface area contributed by atoms with Crippen LogP contribution in [0.15, 0.2) is 29.4 Å². The van der Waals surface area contributed by atoms with Crippen molar-refractivity contribution >= 4 is 16.7 Å². The molecule has 0 spiro atoms. The molecule has 0 aromatic carbocycles. The standard InChI is InChI=1S/C19H29N3O2S.C2H6.2CH4/c1-3-16-7-9-18(10-8-16)22(15-19(20-2)11-12-19)25(23,24)14-17-6-4-5-13-21-17;1-2;;/h4-6,13,16,18H,2-3,7-12,14-15H2,1H3;1-2H3;2*1H4. The van der Waals surface area contributed by atoms with E-state index in [-0.39, 0.29) is 32.2 Å². The van der Waals surface area contributed by atoms with Crippen molar-refractivity contribution in [2.24, 2.45) is 10.9 Å². The van der Waals surface area contributed by atoms with Crippen molar-refractivity contribution in [3.63, 3.8) is 0 Å². The molecule has 2 aliphatic carbocycles. The second kappa shape index (κ2) is 12.4. The molecule has 29 heavy (non-hydrogen) atoms. The van der Waals surface area contributed by atoms with E-state index in [9.17, 15) is 8.42 Å². The summed E-state index contributed by atoms with van der Waals surface area (Å²) in [5.74, 6) is 0.707. The van der Waals surface area contributed by atoms with E-state index >= 15 is 0 Å². The summed E-state index contributed by atoms with van der Waals surface area (Å²) in [6.07, 6.45) is 8.85. The number of aliphatic imine (C=N–C) groups is 1. The zero-order valence-electron chi connectivity index (χ0n) is 17.1. The minimum atomic E-state index is -3.42. The van der Waals surface area contributed by atoms with E-state index in [0.29, 0.717) is 12.2 Å². The lowest BCUT2D eigenvalue weighted by molar-refractivity contribution is 0.202. The van der Waals surface area contributed by atoms with Crippen molar-refractivity contribution in [1.29, 1.82) is 0 Å². The third kappa shape index (κ3) is 7.49. The lowest BCUT2D eigenvalue weighted by atomic mass is 9.84. The van der Waals surface area contributed by atoms with E-state index in [1.165, 1.54) is 6.42 Å². The molecule has 0 atom stereocenters. The number of aromatic nitrogens is 1. The fraction of sp³-hybridized carbons (Fsp3) is 0.739. The predicted molar refractivity (Wildman–Crippen MR) is 126 cm³/mol. The topological polar surface area (TPSA) is 62.6 Å². The molecule has 6 heteroatoms. The summed E-state index contributed by atoms with van der Waals surface area (Å²) >= 11 is 0. The van der Waals surface area contributed by atoms with Gasteiger partial charge in [-0.3, -0.25) is 9.98 Å². The molecule has 0 aliphatic heterocycles. The fourth-order valence-corrected chi connectivity index (χ4v) is 5.66. The highest BCUT2D eigenvalue weighted by atomic mass is 32.2. The molecule has 0 amide bonds. The molecule has 0 bridgehead atoms. The van der Waals surface area contributed by atoms with Gasteiger partial charge >= 0.3 is 0 Å². The van der Waals surface area contributed by atoms with Gasteiger partial charge in [-0.1, -0.05) is 48.1 Å². The first kappa shape index (κ1) is 27.7. The van der Waals surface area contributed by atoms with Gasteiger partial charge in [0.2, 0.25) is 10.0 Å². The molecule has 1 heterocycles. The third-order valence-corrected chi connectivity index (χ3v) is 7.63. The number of hydrogen-bond donors (Lipinski definition) is 0. The minimum Gasteiger partial charge on any atom is -0.293 e. The second-order valence-electron chi connectivity index (χ2n) is 7.59. The fourth-order valence-electron chi connectivity index (χ4n) is 3.85. The molecule has 0 saturated heterocycles. The van der Waals surface area contributed by atoms with Crippen molar-refractivity contribution in [3.05, 3.63) is 30.1 Å². The Balaban J connectivity index is 0.00000190. The quantitative estimate of drug-likeness (QED) is 0.501. The molecule has 1 aromatic heterocycles. The highest BCUT2D eigenvalue weighted by Crippen LogP contribution is 2.42. The highest BCUT2D eigenvalue weighted by Gasteiger charge is 2.47. The lowest BCUT2D eigenvalue weighted by Crippen LogP contribution is -2.46. The maximum Gasteiger partial charge on any atom is 0.220 e. The molecule has 168 valence electrons. The maximum absolute atomic E-state index is 13.2. The summed E-state index contributed by atoms with van der Waals surface area (Å²) in [6.45, 7) is 10.4. The van der Waals surface area contributed by atoms with Gasteiger partial charge in [0, 0.05) is 18.8 Å². The Bertz CT molecular complexity index is 679. The van der Waals surface area contributed by atoms with E-state index in [4.69, 9.17) is 0 Å². The molecule has 5 nitrogen and oxygen atoms in total. The lowest BCUT2D eigenvalue weighted by Gasteiger charge is -2.37. The van der Waals surface area contributed by atoms with Crippen molar-refractivity contribution in [1.82, 2.24) is 9.29 Å². The second-order valence-corrected chi connectivity index (χ2v) is 9.51. The normalized spacial score (nSPS) is 22.3. The number of sulfonamides is 1. The molecule has 1 aromatic rings. The number of nitrogens with zero attached hydrogens (tertiary/aromatic N) is 3. The maximum atomic E-state index is 13.2. The molecule has 0 radical (unpaired) electrons. The summed E-state index contributed by atoms with van der Waals surface area (Å²) in [7, 11) is -3.42. The van der Waals surface area contributed by atoms with Gasteiger partial charge in [0.05, 0.1) is 11.2 Å². The van der Waals surface area contributed by atoms with Crippen LogP contribution in [0, 0.1) is 5.92 Å². The summed E-state index contributed by atoms with van der Waals surface area (Å²) in [5, 5.41) is 0. The van der Waals surface area contributed by atoms with Crippen LogP contribution < -0.4 is 0 Å². The number of rotatable bonds is 8. The van der Waals surface area contributed by atoms with E-state index < -0.39 is 10.0 Å². The Kier molecular flexibility index (Phi) is 11.9. The average Bonchev–Trinajstić information content (AvgIpc) is 3.48. The van der Waals surface area contributed by atoms with Gasteiger partial charge < -0.3 is 0 Å². The van der Waals surface area contributed by atoms with E-state index in [1.54, 1.807) is 22.6 Å². The van der Waals surface area contributed by atoms with Gasteiger partial charge in [0.25, 0.3) is 0 Å².